The van der Waals surface area contributed by atoms with E-state index in [1.54, 1.807) is 17.1 Å². The topological polar surface area (TPSA) is 89.8 Å². The highest BCUT2D eigenvalue weighted by Crippen LogP contribution is 2.50. The number of aryl methyl sites for hydroxylation is 1. The van der Waals surface area contributed by atoms with Gasteiger partial charge in [-0.15, -0.1) is 0 Å². The predicted molar refractivity (Wildman–Crippen MR) is 98.4 cm³/mol. The number of halogens is 3. The summed E-state index contributed by atoms with van der Waals surface area (Å²) in [5.74, 6) is -0.410. The summed E-state index contributed by atoms with van der Waals surface area (Å²) in [5.41, 5.74) is -0.983. The highest BCUT2D eigenvalue weighted by Gasteiger charge is 2.59. The molecular weight excluding hydrogens is 392 g/mol. The van der Waals surface area contributed by atoms with Gasteiger partial charge in [0.05, 0.1) is 18.6 Å². The molecule has 1 aliphatic rings. The van der Waals surface area contributed by atoms with E-state index < -0.39 is 17.2 Å². The van der Waals surface area contributed by atoms with Crippen molar-refractivity contribution in [2.75, 3.05) is 17.7 Å². The fraction of sp³-hybridized carbons (Fsp3) is 0.294. The van der Waals surface area contributed by atoms with E-state index in [4.69, 9.17) is 16.3 Å². The largest absolute Gasteiger partial charge is 0.378 e. The molecule has 0 spiro atoms. The Morgan fingerprint density at radius 1 is 1.25 bits per heavy atom. The van der Waals surface area contributed by atoms with Gasteiger partial charge in [0.15, 0.2) is 0 Å². The number of hydrogen-bond donors (Lipinski definition) is 2. The van der Waals surface area contributed by atoms with Crippen molar-refractivity contribution in [3.63, 3.8) is 0 Å². The van der Waals surface area contributed by atoms with Gasteiger partial charge in [0.25, 0.3) is 0 Å². The summed E-state index contributed by atoms with van der Waals surface area (Å²) in [6.45, 7) is 0. The molecule has 1 aliphatic carbocycles. The third kappa shape index (κ3) is 3.48. The van der Waals surface area contributed by atoms with Crippen molar-refractivity contribution in [3.8, 4) is 0 Å². The summed E-state index contributed by atoms with van der Waals surface area (Å²) in [4.78, 5) is 16.6. The molecule has 0 amide bonds. The van der Waals surface area contributed by atoms with E-state index >= 15 is 0 Å². The van der Waals surface area contributed by atoms with Crippen LogP contribution in [0.4, 0.5) is 26.4 Å². The van der Waals surface area contributed by atoms with E-state index in [0.29, 0.717) is 18.1 Å². The number of rotatable bonds is 6. The maximum absolute atomic E-state index is 14.4. The summed E-state index contributed by atoms with van der Waals surface area (Å²) < 4.78 is 34.8. The molecule has 11 heteroatoms. The van der Waals surface area contributed by atoms with Gasteiger partial charge in [-0.05, 0) is 0 Å². The maximum Gasteiger partial charge on any atom is 0.226 e. The number of nitrogens with zero attached hydrogens (tertiary/aromatic N) is 5. The second-order valence-electron chi connectivity index (χ2n) is 6.46. The predicted octanol–water partition coefficient (Wildman–Crippen LogP) is 3.01. The first kappa shape index (κ1) is 18.5. The minimum absolute atomic E-state index is 0.0311. The Labute approximate surface area is 164 Å². The highest BCUT2D eigenvalue weighted by atomic mass is 35.5. The van der Waals surface area contributed by atoms with Crippen LogP contribution in [0.25, 0.3) is 0 Å². The van der Waals surface area contributed by atoms with Crippen molar-refractivity contribution in [3.05, 3.63) is 53.3 Å². The molecule has 0 radical (unpaired) electrons. The Bertz CT molecular complexity index is 1030. The van der Waals surface area contributed by atoms with Crippen molar-refractivity contribution in [2.45, 2.75) is 18.1 Å². The Morgan fingerprint density at radius 3 is 2.71 bits per heavy atom. The van der Waals surface area contributed by atoms with Crippen LogP contribution in [0, 0.1) is 11.6 Å². The van der Waals surface area contributed by atoms with Crippen LogP contribution in [0.1, 0.15) is 12.1 Å². The molecule has 0 aliphatic heterocycles. The van der Waals surface area contributed by atoms with Gasteiger partial charge >= 0.3 is 0 Å². The van der Waals surface area contributed by atoms with Crippen LogP contribution < -0.4 is 10.6 Å². The molecule has 0 bridgehead atoms. The minimum atomic E-state index is -1.01. The number of hydrogen-bond acceptors (Lipinski definition) is 7. The maximum atomic E-state index is 14.4. The number of ether oxygens (including phenoxy) is 1. The molecule has 4 rings (SSSR count). The monoisotopic (exact) mass is 407 g/mol. The summed E-state index contributed by atoms with van der Waals surface area (Å²) >= 11 is 6.11. The fourth-order valence-electron chi connectivity index (χ4n) is 3.05. The SMILES string of the molecule is CO[C@@H]1C[C@]1(Nc1nc(Cl)cc(Nc2cn(C)cn2)n1)c1ncc(F)cc1F. The average Bonchev–Trinajstić information content (AvgIpc) is 3.17. The Morgan fingerprint density at radius 2 is 2.07 bits per heavy atom. The molecule has 28 heavy (non-hydrogen) atoms. The van der Waals surface area contributed by atoms with Crippen molar-refractivity contribution in [1.82, 2.24) is 24.5 Å². The van der Waals surface area contributed by atoms with Gasteiger partial charge in [0.1, 0.15) is 39.7 Å². The van der Waals surface area contributed by atoms with Crippen LogP contribution in [0.5, 0.6) is 0 Å². The number of methoxy groups -OCH3 is 1. The van der Waals surface area contributed by atoms with Gasteiger partial charge in [-0.25, -0.2) is 18.7 Å². The summed E-state index contributed by atoms with van der Waals surface area (Å²) in [7, 11) is 3.34. The minimum Gasteiger partial charge on any atom is -0.378 e. The number of nitrogens with one attached hydrogen (secondary N) is 2. The first-order valence-electron chi connectivity index (χ1n) is 8.32. The number of anilines is 3. The van der Waals surface area contributed by atoms with Crippen LogP contribution in [0.15, 0.2) is 30.9 Å². The number of imidazole rings is 1. The molecule has 8 nitrogen and oxygen atoms in total. The zero-order chi connectivity index (χ0) is 19.9. The molecule has 2 atom stereocenters. The Kier molecular flexibility index (Phi) is 4.60. The first-order valence-corrected chi connectivity index (χ1v) is 8.69. The van der Waals surface area contributed by atoms with Crippen LogP contribution in [0.3, 0.4) is 0 Å². The molecule has 2 N–H and O–H groups in total. The van der Waals surface area contributed by atoms with E-state index in [0.717, 1.165) is 12.3 Å². The van der Waals surface area contributed by atoms with Crippen LogP contribution in [0.2, 0.25) is 5.15 Å². The summed E-state index contributed by atoms with van der Waals surface area (Å²) in [5, 5.41) is 6.25. The zero-order valence-corrected chi connectivity index (χ0v) is 15.7. The molecule has 0 unspecified atom stereocenters. The standard InChI is InChI=1S/C17H16ClF2N7O/c1-27-7-14(22-8-27)24-13-4-12(18)23-16(25-13)26-17(5-11(17)28-2)15-10(20)3-9(19)6-21-15/h3-4,6-8,11H,5H2,1-2H3,(H2,23,24,25,26)/t11-,17-/m1/s1. The second kappa shape index (κ2) is 6.95. The molecule has 3 aromatic heterocycles. The molecular formula is C17H16ClF2N7O. The average molecular weight is 408 g/mol. The summed E-state index contributed by atoms with van der Waals surface area (Å²) in [6.07, 6.45) is 4.40. The van der Waals surface area contributed by atoms with Gasteiger partial charge in [0.2, 0.25) is 5.95 Å². The molecule has 0 saturated heterocycles. The van der Waals surface area contributed by atoms with Crippen LogP contribution in [-0.2, 0) is 17.3 Å². The smallest absolute Gasteiger partial charge is 0.226 e. The highest BCUT2D eigenvalue weighted by molar-refractivity contribution is 6.29. The lowest BCUT2D eigenvalue weighted by atomic mass is 10.1. The number of pyridine rings is 1. The van der Waals surface area contributed by atoms with Gasteiger partial charge < -0.3 is 19.9 Å². The van der Waals surface area contributed by atoms with Crippen molar-refractivity contribution < 1.29 is 13.5 Å². The van der Waals surface area contributed by atoms with E-state index in [1.807, 2.05) is 7.05 Å². The van der Waals surface area contributed by atoms with Gasteiger partial charge in [0, 0.05) is 38.9 Å². The van der Waals surface area contributed by atoms with Crippen molar-refractivity contribution in [2.24, 2.45) is 7.05 Å². The van der Waals surface area contributed by atoms with Crippen molar-refractivity contribution >= 4 is 29.2 Å². The van der Waals surface area contributed by atoms with Crippen LogP contribution in [-0.4, -0.2) is 37.7 Å². The first-order chi connectivity index (χ1) is 13.4. The van der Waals surface area contributed by atoms with E-state index in [1.165, 1.54) is 13.2 Å². The molecule has 0 aromatic carbocycles. The van der Waals surface area contributed by atoms with Crippen LogP contribution >= 0.6 is 11.6 Å². The number of aromatic nitrogens is 5. The molecule has 3 heterocycles. The normalized spacial score (nSPS) is 20.8. The molecule has 146 valence electrons. The lowest BCUT2D eigenvalue weighted by Gasteiger charge is -2.19. The lowest BCUT2D eigenvalue weighted by molar-refractivity contribution is 0.164. The van der Waals surface area contributed by atoms with Gasteiger partial charge in [-0.2, -0.15) is 4.98 Å². The Balaban J connectivity index is 1.64. The quantitative estimate of drug-likeness (QED) is 0.607. The van der Waals surface area contributed by atoms with Crippen molar-refractivity contribution in [1.29, 1.82) is 0 Å². The van der Waals surface area contributed by atoms with E-state index in [9.17, 15) is 8.78 Å². The van der Waals surface area contributed by atoms with E-state index in [-0.39, 0.29) is 22.9 Å². The Hall–Kier alpha value is -2.85. The molecule has 1 fully saturated rings. The molecule has 3 aromatic rings. The lowest BCUT2D eigenvalue weighted by Crippen LogP contribution is -2.28. The van der Waals surface area contributed by atoms with E-state index in [2.05, 4.69) is 30.6 Å². The third-order valence-corrected chi connectivity index (χ3v) is 4.60. The fourth-order valence-corrected chi connectivity index (χ4v) is 3.23. The van der Waals surface area contributed by atoms with Gasteiger partial charge in [-0.1, -0.05) is 11.6 Å². The summed E-state index contributed by atoms with van der Waals surface area (Å²) in [6, 6.07) is 2.31. The molecule has 1 saturated carbocycles. The third-order valence-electron chi connectivity index (χ3n) is 4.40. The van der Waals surface area contributed by atoms with Gasteiger partial charge in [-0.3, -0.25) is 4.98 Å². The zero-order valence-electron chi connectivity index (χ0n) is 14.9. The second-order valence-corrected chi connectivity index (χ2v) is 6.84.